The molecule has 1 amide bonds. The molecule has 0 fully saturated rings. The molecule has 1 heterocycles. The summed E-state index contributed by atoms with van der Waals surface area (Å²) in [6.45, 7) is 8.52. The smallest absolute Gasteiger partial charge is 0.250 e. The first kappa shape index (κ1) is 26.1. The summed E-state index contributed by atoms with van der Waals surface area (Å²) in [4.78, 5) is 12.5. The number of para-hydroxylation sites is 1. The number of rotatable bonds is 8. The number of carbonyl (C=O) groups is 1. The van der Waals surface area contributed by atoms with Gasteiger partial charge in [-0.05, 0) is 41.2 Å². The predicted octanol–water partition coefficient (Wildman–Crippen LogP) is 6.53. The van der Waals surface area contributed by atoms with Crippen molar-refractivity contribution in [2.45, 2.75) is 38.3 Å². The van der Waals surface area contributed by atoms with E-state index in [0.29, 0.717) is 5.16 Å². The van der Waals surface area contributed by atoms with Crippen LogP contribution in [0.1, 0.15) is 38.8 Å². The number of aromatic nitrogens is 3. The summed E-state index contributed by atoms with van der Waals surface area (Å²) in [5.41, 5.74) is 7.83. The van der Waals surface area contributed by atoms with Crippen molar-refractivity contribution < 1.29 is 4.79 Å². The lowest BCUT2D eigenvalue weighted by molar-refractivity contribution is -0.118. The monoisotopic (exact) mass is 509 g/mol. The molecule has 1 aromatic heterocycles. The average Bonchev–Trinajstić information content (AvgIpc) is 3.32. The minimum atomic E-state index is -0.215. The highest BCUT2D eigenvalue weighted by molar-refractivity contribution is 7.99. The molecule has 4 aromatic rings. The zero-order chi connectivity index (χ0) is 26.3. The molecule has 0 aliphatic rings. The first-order valence-electron chi connectivity index (χ1n) is 12.1. The van der Waals surface area contributed by atoms with Crippen molar-refractivity contribution in [3.63, 3.8) is 0 Å². The van der Waals surface area contributed by atoms with Crippen LogP contribution in [-0.2, 0) is 10.2 Å². The highest BCUT2D eigenvalue weighted by Crippen LogP contribution is 2.30. The Balaban J connectivity index is 1.47. The topological polar surface area (TPSA) is 72.2 Å². The number of nitrogens with one attached hydrogen (secondary N) is 1. The van der Waals surface area contributed by atoms with Crippen LogP contribution in [-0.4, -0.2) is 32.6 Å². The second-order valence-electron chi connectivity index (χ2n) is 9.69. The van der Waals surface area contributed by atoms with E-state index in [0.717, 1.165) is 28.2 Å². The normalized spacial score (nSPS) is 12.2. The van der Waals surface area contributed by atoms with Gasteiger partial charge in [0.15, 0.2) is 11.0 Å². The molecular formula is C30H31N5OS. The Morgan fingerprint density at radius 2 is 1.59 bits per heavy atom. The molecule has 1 N–H and O–H groups in total. The number of hydrogen-bond donors (Lipinski definition) is 1. The van der Waals surface area contributed by atoms with Gasteiger partial charge in [0.05, 0.1) is 12.0 Å². The van der Waals surface area contributed by atoms with E-state index in [1.165, 1.54) is 17.3 Å². The van der Waals surface area contributed by atoms with Crippen molar-refractivity contribution >= 4 is 30.0 Å². The Morgan fingerprint density at radius 3 is 2.24 bits per heavy atom. The van der Waals surface area contributed by atoms with Gasteiger partial charge < -0.3 is 0 Å². The first-order chi connectivity index (χ1) is 17.8. The van der Waals surface area contributed by atoms with E-state index in [9.17, 15) is 4.79 Å². The standard InChI is InChI=1S/C30H31N5OS/c1-22(19-23-11-7-5-8-12-23)20-31-32-27(36)21-37-29-34-33-28(35(29)26-13-9-6-10-14-26)24-15-17-25(18-16-24)30(2,3)4/h5-20H,21H2,1-4H3,(H,32,36)/b22-19+,31-20+. The van der Waals surface area contributed by atoms with E-state index in [1.807, 2.05) is 78.2 Å². The molecule has 0 aliphatic heterocycles. The molecule has 0 saturated heterocycles. The molecule has 0 bridgehead atoms. The summed E-state index contributed by atoms with van der Waals surface area (Å²) in [5.74, 6) is 0.675. The number of amides is 1. The van der Waals surface area contributed by atoms with E-state index >= 15 is 0 Å². The van der Waals surface area contributed by atoms with Gasteiger partial charge >= 0.3 is 0 Å². The summed E-state index contributed by atoms with van der Waals surface area (Å²) in [5, 5.41) is 13.6. The van der Waals surface area contributed by atoms with Gasteiger partial charge in [0, 0.05) is 11.3 Å². The Hall–Kier alpha value is -3.97. The second kappa shape index (κ2) is 11.8. The zero-order valence-corrected chi connectivity index (χ0v) is 22.4. The maximum absolute atomic E-state index is 12.5. The summed E-state index contributed by atoms with van der Waals surface area (Å²) in [6.07, 6.45) is 3.64. The molecule has 0 spiro atoms. The number of carbonyl (C=O) groups excluding carboxylic acids is 1. The van der Waals surface area contributed by atoms with Crippen molar-refractivity contribution in [3.8, 4) is 17.1 Å². The molecule has 0 aliphatic carbocycles. The Kier molecular flexibility index (Phi) is 8.36. The lowest BCUT2D eigenvalue weighted by atomic mass is 9.87. The van der Waals surface area contributed by atoms with Crippen LogP contribution < -0.4 is 5.43 Å². The second-order valence-corrected chi connectivity index (χ2v) is 10.6. The molecule has 0 unspecified atom stereocenters. The molecule has 7 heteroatoms. The van der Waals surface area contributed by atoms with Gasteiger partial charge in [0.2, 0.25) is 0 Å². The summed E-state index contributed by atoms with van der Waals surface area (Å²) in [7, 11) is 0. The first-order valence-corrected chi connectivity index (χ1v) is 13.1. The Bertz CT molecular complexity index is 1390. The van der Waals surface area contributed by atoms with E-state index < -0.39 is 0 Å². The molecule has 0 atom stereocenters. The highest BCUT2D eigenvalue weighted by atomic mass is 32.2. The fraction of sp³-hybridized carbons (Fsp3) is 0.200. The van der Waals surface area contributed by atoms with Gasteiger partial charge in [-0.15, -0.1) is 10.2 Å². The molecular weight excluding hydrogens is 478 g/mol. The van der Waals surface area contributed by atoms with Gasteiger partial charge in [-0.3, -0.25) is 9.36 Å². The zero-order valence-electron chi connectivity index (χ0n) is 21.6. The summed E-state index contributed by atoms with van der Waals surface area (Å²) < 4.78 is 1.99. The van der Waals surface area contributed by atoms with Gasteiger partial charge in [-0.2, -0.15) is 5.10 Å². The lowest BCUT2D eigenvalue weighted by Crippen LogP contribution is -2.20. The fourth-order valence-corrected chi connectivity index (χ4v) is 4.44. The van der Waals surface area contributed by atoms with Gasteiger partial charge in [-0.1, -0.05) is 111 Å². The molecule has 3 aromatic carbocycles. The van der Waals surface area contributed by atoms with E-state index in [-0.39, 0.29) is 17.1 Å². The summed E-state index contributed by atoms with van der Waals surface area (Å²) in [6, 6.07) is 28.3. The minimum absolute atomic E-state index is 0.0678. The number of benzene rings is 3. The third-order valence-corrected chi connectivity index (χ3v) is 6.57. The fourth-order valence-electron chi connectivity index (χ4n) is 3.70. The maximum atomic E-state index is 12.5. The minimum Gasteiger partial charge on any atom is -0.272 e. The van der Waals surface area contributed by atoms with Crippen molar-refractivity contribution in [2.75, 3.05) is 5.75 Å². The largest absolute Gasteiger partial charge is 0.272 e. The van der Waals surface area contributed by atoms with Crippen LogP contribution in [0.4, 0.5) is 0 Å². The number of hydrazone groups is 1. The third kappa shape index (κ3) is 7.05. The van der Waals surface area contributed by atoms with Crippen LogP contribution in [0.3, 0.4) is 0 Å². The van der Waals surface area contributed by atoms with E-state index in [2.05, 4.69) is 65.8 Å². The molecule has 6 nitrogen and oxygen atoms in total. The Labute approximate surface area is 222 Å². The molecule has 37 heavy (non-hydrogen) atoms. The van der Waals surface area contributed by atoms with Crippen molar-refractivity contribution in [1.82, 2.24) is 20.2 Å². The molecule has 188 valence electrons. The quantitative estimate of drug-likeness (QED) is 0.167. The van der Waals surface area contributed by atoms with Crippen molar-refractivity contribution in [3.05, 3.63) is 102 Å². The van der Waals surface area contributed by atoms with Gasteiger partial charge in [0.25, 0.3) is 5.91 Å². The number of allylic oxidation sites excluding steroid dienone is 1. The third-order valence-electron chi connectivity index (χ3n) is 5.64. The average molecular weight is 510 g/mol. The predicted molar refractivity (Wildman–Crippen MR) is 153 cm³/mol. The molecule has 0 saturated carbocycles. The number of nitrogens with zero attached hydrogens (tertiary/aromatic N) is 4. The van der Waals surface area contributed by atoms with Crippen LogP contribution in [0.5, 0.6) is 0 Å². The molecule has 0 radical (unpaired) electrons. The van der Waals surface area contributed by atoms with Crippen LogP contribution in [0.2, 0.25) is 0 Å². The number of thioether (sulfide) groups is 1. The van der Waals surface area contributed by atoms with Crippen molar-refractivity contribution in [1.29, 1.82) is 0 Å². The van der Waals surface area contributed by atoms with Crippen LogP contribution in [0.25, 0.3) is 23.2 Å². The van der Waals surface area contributed by atoms with Crippen LogP contribution in [0.15, 0.2) is 101 Å². The number of hydrogen-bond acceptors (Lipinski definition) is 5. The lowest BCUT2D eigenvalue weighted by Gasteiger charge is -2.19. The van der Waals surface area contributed by atoms with Crippen LogP contribution in [0, 0.1) is 0 Å². The van der Waals surface area contributed by atoms with Crippen molar-refractivity contribution in [2.24, 2.45) is 5.10 Å². The highest BCUT2D eigenvalue weighted by Gasteiger charge is 2.19. The molecule has 4 rings (SSSR count). The van der Waals surface area contributed by atoms with Crippen LogP contribution >= 0.6 is 11.8 Å². The van der Waals surface area contributed by atoms with E-state index in [4.69, 9.17) is 0 Å². The van der Waals surface area contributed by atoms with Gasteiger partial charge in [-0.25, -0.2) is 5.43 Å². The Morgan fingerprint density at radius 1 is 0.946 bits per heavy atom. The SMILES string of the molecule is CC(/C=N/NC(=O)CSc1nnc(-c2ccc(C(C)(C)C)cc2)n1-c1ccccc1)=C\c1ccccc1. The van der Waals surface area contributed by atoms with E-state index in [1.54, 1.807) is 6.21 Å². The summed E-state index contributed by atoms with van der Waals surface area (Å²) >= 11 is 1.32. The maximum Gasteiger partial charge on any atom is 0.250 e. The van der Waals surface area contributed by atoms with Gasteiger partial charge in [0.1, 0.15) is 0 Å².